The zero-order valence-corrected chi connectivity index (χ0v) is 13.9. The molecule has 1 amide bonds. The van der Waals surface area contributed by atoms with Crippen LogP contribution < -0.4 is 5.32 Å². The SMILES string of the molecule is O=C(NCCOCc1cccc(Cl)c1)c1cc(Cl)cc(Cl)c1. The molecule has 0 saturated heterocycles. The van der Waals surface area contributed by atoms with Crippen molar-refractivity contribution >= 4 is 40.7 Å². The lowest BCUT2D eigenvalue weighted by Gasteiger charge is -2.07. The van der Waals surface area contributed by atoms with E-state index in [-0.39, 0.29) is 5.91 Å². The second-order valence-corrected chi connectivity index (χ2v) is 5.91. The van der Waals surface area contributed by atoms with Gasteiger partial charge in [-0.2, -0.15) is 0 Å². The first-order valence-corrected chi connectivity index (χ1v) is 7.74. The van der Waals surface area contributed by atoms with Gasteiger partial charge in [0.15, 0.2) is 0 Å². The van der Waals surface area contributed by atoms with Crippen LogP contribution in [0, 0.1) is 0 Å². The van der Waals surface area contributed by atoms with Gasteiger partial charge in [0.05, 0.1) is 13.2 Å². The first-order valence-electron chi connectivity index (χ1n) is 6.61. The van der Waals surface area contributed by atoms with Crippen molar-refractivity contribution < 1.29 is 9.53 Å². The van der Waals surface area contributed by atoms with Crippen LogP contribution in [0.3, 0.4) is 0 Å². The Balaban J connectivity index is 1.73. The molecule has 0 saturated carbocycles. The fraction of sp³-hybridized carbons (Fsp3) is 0.188. The maximum Gasteiger partial charge on any atom is 0.251 e. The highest BCUT2D eigenvalue weighted by atomic mass is 35.5. The van der Waals surface area contributed by atoms with Gasteiger partial charge in [0.25, 0.3) is 5.91 Å². The highest BCUT2D eigenvalue weighted by Crippen LogP contribution is 2.18. The Morgan fingerprint density at radius 3 is 2.41 bits per heavy atom. The zero-order chi connectivity index (χ0) is 15.9. The smallest absolute Gasteiger partial charge is 0.251 e. The van der Waals surface area contributed by atoms with Crippen molar-refractivity contribution in [2.24, 2.45) is 0 Å². The van der Waals surface area contributed by atoms with Gasteiger partial charge in [0.2, 0.25) is 0 Å². The minimum Gasteiger partial charge on any atom is -0.375 e. The zero-order valence-electron chi connectivity index (χ0n) is 11.6. The fourth-order valence-corrected chi connectivity index (χ4v) is 2.58. The average Bonchev–Trinajstić information content (AvgIpc) is 2.45. The summed E-state index contributed by atoms with van der Waals surface area (Å²) in [5.74, 6) is -0.240. The topological polar surface area (TPSA) is 38.3 Å². The second kappa shape index (κ2) is 8.39. The van der Waals surface area contributed by atoms with E-state index in [0.29, 0.717) is 40.4 Å². The molecule has 1 N–H and O–H groups in total. The highest BCUT2D eigenvalue weighted by molar-refractivity contribution is 6.35. The Hall–Kier alpha value is -1.26. The molecule has 3 nitrogen and oxygen atoms in total. The van der Waals surface area contributed by atoms with E-state index < -0.39 is 0 Å². The van der Waals surface area contributed by atoms with Gasteiger partial charge < -0.3 is 10.1 Å². The molecule has 0 aromatic heterocycles. The van der Waals surface area contributed by atoms with Gasteiger partial charge in [-0.05, 0) is 35.9 Å². The maximum absolute atomic E-state index is 11.9. The highest BCUT2D eigenvalue weighted by Gasteiger charge is 2.07. The number of halogens is 3. The molecule has 0 radical (unpaired) electrons. The summed E-state index contributed by atoms with van der Waals surface area (Å²) in [6.45, 7) is 1.23. The summed E-state index contributed by atoms with van der Waals surface area (Å²) in [6, 6.07) is 12.2. The van der Waals surface area contributed by atoms with E-state index in [9.17, 15) is 4.79 Å². The third-order valence-corrected chi connectivity index (χ3v) is 3.49. The molecular weight excluding hydrogens is 345 g/mol. The molecule has 116 valence electrons. The Bertz CT molecular complexity index is 641. The van der Waals surface area contributed by atoms with Crippen LogP contribution in [0.15, 0.2) is 42.5 Å². The largest absolute Gasteiger partial charge is 0.375 e. The summed E-state index contributed by atoms with van der Waals surface area (Å²) >= 11 is 17.6. The van der Waals surface area contributed by atoms with Crippen LogP contribution in [-0.2, 0) is 11.3 Å². The Morgan fingerprint density at radius 2 is 1.73 bits per heavy atom. The number of hydrogen-bond donors (Lipinski definition) is 1. The quantitative estimate of drug-likeness (QED) is 0.767. The summed E-state index contributed by atoms with van der Waals surface area (Å²) in [4.78, 5) is 11.9. The molecular formula is C16H14Cl3NO2. The Morgan fingerprint density at radius 1 is 1.00 bits per heavy atom. The molecule has 0 aliphatic carbocycles. The maximum atomic E-state index is 11.9. The van der Waals surface area contributed by atoms with Crippen LogP contribution in [0.5, 0.6) is 0 Å². The average molecular weight is 359 g/mol. The lowest BCUT2D eigenvalue weighted by atomic mass is 10.2. The van der Waals surface area contributed by atoms with Crippen LogP contribution in [0.4, 0.5) is 0 Å². The predicted octanol–water partition coefficient (Wildman–Crippen LogP) is 4.59. The number of carbonyl (C=O) groups excluding carboxylic acids is 1. The summed E-state index contributed by atoms with van der Waals surface area (Å²) in [7, 11) is 0. The van der Waals surface area contributed by atoms with Crippen LogP contribution in [0.2, 0.25) is 15.1 Å². The monoisotopic (exact) mass is 357 g/mol. The van der Waals surface area contributed by atoms with E-state index in [4.69, 9.17) is 39.5 Å². The van der Waals surface area contributed by atoms with Gasteiger partial charge >= 0.3 is 0 Å². The van der Waals surface area contributed by atoms with E-state index in [1.807, 2.05) is 18.2 Å². The fourth-order valence-electron chi connectivity index (χ4n) is 1.84. The van der Waals surface area contributed by atoms with Gasteiger partial charge in [0, 0.05) is 27.2 Å². The van der Waals surface area contributed by atoms with E-state index in [1.54, 1.807) is 24.3 Å². The molecule has 2 aromatic carbocycles. The van der Waals surface area contributed by atoms with Gasteiger partial charge in [-0.3, -0.25) is 4.79 Å². The Labute approximate surface area is 144 Å². The molecule has 2 rings (SSSR count). The van der Waals surface area contributed by atoms with Crippen molar-refractivity contribution in [3.63, 3.8) is 0 Å². The van der Waals surface area contributed by atoms with Crippen molar-refractivity contribution in [3.8, 4) is 0 Å². The van der Waals surface area contributed by atoms with E-state index in [0.717, 1.165) is 5.56 Å². The molecule has 6 heteroatoms. The molecule has 0 aliphatic heterocycles. The number of benzene rings is 2. The number of ether oxygens (including phenoxy) is 1. The molecule has 0 aliphatic rings. The molecule has 0 unspecified atom stereocenters. The first kappa shape index (κ1) is 17.1. The number of carbonyl (C=O) groups is 1. The molecule has 0 fully saturated rings. The molecule has 0 heterocycles. The normalized spacial score (nSPS) is 10.5. The number of hydrogen-bond acceptors (Lipinski definition) is 2. The van der Waals surface area contributed by atoms with Crippen molar-refractivity contribution in [2.45, 2.75) is 6.61 Å². The Kier molecular flexibility index (Phi) is 6.52. The number of nitrogens with one attached hydrogen (secondary N) is 1. The standard InChI is InChI=1S/C16H14Cl3NO2/c17-13-3-1-2-11(6-13)10-22-5-4-20-16(21)12-7-14(18)9-15(19)8-12/h1-3,6-9H,4-5,10H2,(H,20,21). The molecule has 0 spiro atoms. The predicted molar refractivity (Wildman–Crippen MR) is 89.9 cm³/mol. The molecule has 2 aromatic rings. The third-order valence-electron chi connectivity index (χ3n) is 2.81. The van der Waals surface area contributed by atoms with Crippen molar-refractivity contribution in [2.75, 3.05) is 13.2 Å². The van der Waals surface area contributed by atoms with Gasteiger partial charge in [-0.1, -0.05) is 46.9 Å². The first-order chi connectivity index (χ1) is 10.5. The van der Waals surface area contributed by atoms with Crippen LogP contribution >= 0.6 is 34.8 Å². The molecule has 22 heavy (non-hydrogen) atoms. The van der Waals surface area contributed by atoms with E-state index >= 15 is 0 Å². The molecule has 0 bridgehead atoms. The van der Waals surface area contributed by atoms with Crippen molar-refractivity contribution in [1.29, 1.82) is 0 Å². The lowest BCUT2D eigenvalue weighted by Crippen LogP contribution is -2.27. The number of rotatable bonds is 6. The summed E-state index contributed by atoms with van der Waals surface area (Å²) < 4.78 is 5.48. The van der Waals surface area contributed by atoms with Gasteiger partial charge in [-0.25, -0.2) is 0 Å². The summed E-state index contributed by atoms with van der Waals surface area (Å²) in [5, 5.41) is 4.27. The van der Waals surface area contributed by atoms with E-state index in [2.05, 4.69) is 5.32 Å². The van der Waals surface area contributed by atoms with E-state index in [1.165, 1.54) is 0 Å². The molecule has 0 atom stereocenters. The number of amides is 1. The lowest BCUT2D eigenvalue weighted by molar-refractivity contribution is 0.0901. The minimum atomic E-state index is -0.240. The van der Waals surface area contributed by atoms with Crippen molar-refractivity contribution in [1.82, 2.24) is 5.32 Å². The minimum absolute atomic E-state index is 0.240. The second-order valence-electron chi connectivity index (χ2n) is 4.60. The third kappa shape index (κ3) is 5.50. The van der Waals surface area contributed by atoms with Crippen LogP contribution in [-0.4, -0.2) is 19.1 Å². The summed E-state index contributed by atoms with van der Waals surface area (Å²) in [6.07, 6.45) is 0. The van der Waals surface area contributed by atoms with Gasteiger partial charge in [-0.15, -0.1) is 0 Å². The summed E-state index contributed by atoms with van der Waals surface area (Å²) in [5.41, 5.74) is 1.41. The van der Waals surface area contributed by atoms with Crippen molar-refractivity contribution in [3.05, 3.63) is 68.7 Å². The van der Waals surface area contributed by atoms with Crippen LogP contribution in [0.25, 0.3) is 0 Å². The van der Waals surface area contributed by atoms with Gasteiger partial charge in [0.1, 0.15) is 0 Å². The van der Waals surface area contributed by atoms with Crippen LogP contribution in [0.1, 0.15) is 15.9 Å².